The molecule has 9 heteroatoms. The lowest BCUT2D eigenvalue weighted by Crippen LogP contribution is -2.46. The van der Waals surface area contributed by atoms with Crippen LogP contribution in [0, 0.1) is 0 Å². The van der Waals surface area contributed by atoms with Gasteiger partial charge in [-0.3, -0.25) is 13.8 Å². The molecule has 0 radical (unpaired) electrons. The predicted octanol–water partition coefficient (Wildman–Crippen LogP) is 10.4. The lowest BCUT2D eigenvalue weighted by Gasteiger charge is -2.26. The zero-order valence-electron chi connectivity index (χ0n) is 32.4. The van der Waals surface area contributed by atoms with Gasteiger partial charge in [0.2, 0.25) is 5.91 Å². The minimum absolute atomic E-state index is 0.0700. The predicted molar refractivity (Wildman–Crippen MR) is 208 cm³/mol. The first-order valence-electron chi connectivity index (χ1n) is 19.9. The van der Waals surface area contributed by atoms with E-state index in [9.17, 15) is 19.4 Å². The number of nitrogens with one attached hydrogen (secondary N) is 1. The molecule has 0 heterocycles. The summed E-state index contributed by atoms with van der Waals surface area (Å²) in [5.41, 5.74) is 0. The molecular weight excluding hydrogens is 635 g/mol. The third-order valence-electron chi connectivity index (χ3n) is 8.64. The molecule has 0 saturated heterocycles. The summed E-state index contributed by atoms with van der Waals surface area (Å²) in [6.07, 6.45) is 37.6. The second kappa shape index (κ2) is 32.6. The number of hydrogen-bond acceptors (Lipinski definition) is 5. The number of aliphatic hydroxyl groups is 1. The van der Waals surface area contributed by atoms with E-state index >= 15 is 0 Å². The second-order valence-electron chi connectivity index (χ2n) is 14.7. The fraction of sp³-hybridized carbons (Fsp3) is 0.825. The Bertz CT molecular complexity index is 902. The van der Waals surface area contributed by atoms with Crippen LogP contribution in [0.25, 0.3) is 0 Å². The quantitative estimate of drug-likeness (QED) is 0.0261. The molecule has 3 atom stereocenters. The number of hydrogen-bond donors (Lipinski definition) is 3. The monoisotopic (exact) mass is 714 g/mol. The summed E-state index contributed by atoms with van der Waals surface area (Å²) in [6.45, 7) is 4.78. The molecule has 49 heavy (non-hydrogen) atoms. The Kier molecular flexibility index (Phi) is 31.8. The Morgan fingerprint density at radius 2 is 1.16 bits per heavy atom. The first-order valence-corrected chi connectivity index (χ1v) is 21.3. The van der Waals surface area contributed by atoms with Crippen LogP contribution in [0.4, 0.5) is 0 Å². The molecule has 0 bridgehead atoms. The molecule has 0 aliphatic carbocycles. The zero-order valence-corrected chi connectivity index (χ0v) is 33.3. The van der Waals surface area contributed by atoms with Crippen molar-refractivity contribution in [2.75, 3.05) is 40.9 Å². The number of aliphatic hydroxyl groups excluding tert-OH is 1. The van der Waals surface area contributed by atoms with Crippen molar-refractivity contribution >= 4 is 13.7 Å². The molecule has 0 saturated carbocycles. The highest BCUT2D eigenvalue weighted by molar-refractivity contribution is 7.47. The van der Waals surface area contributed by atoms with E-state index in [1.165, 1.54) is 70.6 Å². The molecule has 3 N–H and O–H groups in total. The van der Waals surface area contributed by atoms with E-state index in [-0.39, 0.29) is 19.1 Å². The number of carbonyl (C=O) groups excluding carboxylic acids is 1. The van der Waals surface area contributed by atoms with Crippen molar-refractivity contribution in [3.63, 3.8) is 0 Å². The molecule has 1 amide bonds. The Hall–Kier alpha value is -1.28. The van der Waals surface area contributed by atoms with Gasteiger partial charge in [-0.15, -0.1) is 0 Å². The van der Waals surface area contributed by atoms with Crippen molar-refractivity contribution in [2.24, 2.45) is 0 Å². The lowest BCUT2D eigenvalue weighted by atomic mass is 10.0. The van der Waals surface area contributed by atoms with Crippen LogP contribution in [0.15, 0.2) is 36.5 Å². The first kappa shape index (κ1) is 47.7. The fourth-order valence-electron chi connectivity index (χ4n) is 5.40. The molecule has 0 aromatic rings. The van der Waals surface area contributed by atoms with Gasteiger partial charge >= 0.3 is 7.82 Å². The summed E-state index contributed by atoms with van der Waals surface area (Å²) < 4.78 is 23.4. The number of phosphoric ester groups is 1. The van der Waals surface area contributed by atoms with Crippen LogP contribution < -0.4 is 5.32 Å². The minimum atomic E-state index is -4.30. The topological polar surface area (TPSA) is 105 Å². The van der Waals surface area contributed by atoms with Crippen LogP contribution in [-0.2, 0) is 18.4 Å². The number of carbonyl (C=O) groups is 1. The highest BCUT2D eigenvalue weighted by Gasteiger charge is 2.28. The molecule has 0 aromatic heterocycles. The smallest absolute Gasteiger partial charge is 0.391 e. The molecule has 0 spiro atoms. The number of likely N-dealkylation sites (N-methyl/N-ethyl adjacent to an activating group) is 1. The maximum atomic E-state index is 12.8. The third kappa shape index (κ3) is 34.9. The summed E-state index contributed by atoms with van der Waals surface area (Å²) >= 11 is 0. The number of amides is 1. The molecule has 0 aliphatic heterocycles. The zero-order chi connectivity index (χ0) is 36.5. The normalized spacial score (nSPS) is 15.0. The average Bonchev–Trinajstić information content (AvgIpc) is 3.04. The third-order valence-corrected chi connectivity index (χ3v) is 9.63. The van der Waals surface area contributed by atoms with Gasteiger partial charge < -0.3 is 19.8 Å². The highest BCUT2D eigenvalue weighted by atomic mass is 31.2. The molecule has 0 aliphatic rings. The molecule has 0 fully saturated rings. The van der Waals surface area contributed by atoms with Crippen molar-refractivity contribution in [3.05, 3.63) is 36.5 Å². The van der Waals surface area contributed by atoms with Crippen molar-refractivity contribution < 1.29 is 32.9 Å². The molecular formula is C40H78N2O6P+. The number of allylic oxidation sites excluding steroid dienone is 6. The Balaban J connectivity index is 4.24. The van der Waals surface area contributed by atoms with Gasteiger partial charge in [0.25, 0.3) is 0 Å². The van der Waals surface area contributed by atoms with Crippen LogP contribution in [0.5, 0.6) is 0 Å². The summed E-state index contributed by atoms with van der Waals surface area (Å²) in [6, 6.07) is -0.763. The van der Waals surface area contributed by atoms with E-state index in [0.29, 0.717) is 23.9 Å². The van der Waals surface area contributed by atoms with Crippen LogP contribution in [0.2, 0.25) is 0 Å². The SMILES string of the molecule is CCCCCCC/C=C\C/C=C\C/C=C\CCCCCCCCC(=O)NC(COP(=O)(O)OCC[N+](C)(C)C)C(O)CCCCCCCC. The van der Waals surface area contributed by atoms with E-state index in [1.54, 1.807) is 0 Å². The number of nitrogens with zero attached hydrogens (tertiary/aromatic N) is 1. The van der Waals surface area contributed by atoms with Crippen LogP contribution in [0.1, 0.15) is 162 Å². The van der Waals surface area contributed by atoms with Crippen LogP contribution in [-0.4, -0.2) is 73.4 Å². The van der Waals surface area contributed by atoms with Gasteiger partial charge in [0.15, 0.2) is 0 Å². The minimum Gasteiger partial charge on any atom is -0.391 e. The van der Waals surface area contributed by atoms with Gasteiger partial charge in [-0.1, -0.05) is 140 Å². The summed E-state index contributed by atoms with van der Waals surface area (Å²) in [5, 5.41) is 13.7. The molecule has 8 nitrogen and oxygen atoms in total. The van der Waals surface area contributed by atoms with Crippen LogP contribution in [0.3, 0.4) is 0 Å². The van der Waals surface area contributed by atoms with Gasteiger partial charge in [-0.2, -0.15) is 0 Å². The fourth-order valence-corrected chi connectivity index (χ4v) is 6.14. The average molecular weight is 714 g/mol. The van der Waals surface area contributed by atoms with Crippen molar-refractivity contribution in [2.45, 2.75) is 174 Å². The van der Waals surface area contributed by atoms with E-state index in [4.69, 9.17) is 9.05 Å². The van der Waals surface area contributed by atoms with Gasteiger partial charge in [0.05, 0.1) is 39.9 Å². The van der Waals surface area contributed by atoms with Crippen molar-refractivity contribution in [1.82, 2.24) is 5.32 Å². The molecule has 288 valence electrons. The van der Waals surface area contributed by atoms with Crippen molar-refractivity contribution in [1.29, 1.82) is 0 Å². The largest absolute Gasteiger partial charge is 0.472 e. The number of quaternary nitrogens is 1. The second-order valence-corrected chi connectivity index (χ2v) is 16.1. The Morgan fingerprint density at radius 3 is 1.69 bits per heavy atom. The summed E-state index contributed by atoms with van der Waals surface area (Å²) in [5.74, 6) is -0.165. The summed E-state index contributed by atoms with van der Waals surface area (Å²) in [7, 11) is 1.60. The number of phosphoric acid groups is 1. The standard InChI is InChI=1S/C40H77N2O6P/c1-6-8-10-12-14-15-16-17-18-19-20-21-22-23-24-25-26-27-28-30-32-34-40(44)41-38(39(43)33-31-29-13-11-9-7-2)37-48-49(45,46)47-36-35-42(3,4)5/h16-17,19-20,22-23,38-39,43H,6-15,18,21,24-37H2,1-5H3,(H-,41,44,45,46)/p+1/b17-16-,20-19-,23-22-. The molecule has 3 unspecified atom stereocenters. The maximum absolute atomic E-state index is 12.8. The van der Waals surface area contributed by atoms with E-state index in [1.807, 2.05) is 21.1 Å². The number of unbranched alkanes of at least 4 members (excludes halogenated alkanes) is 16. The van der Waals surface area contributed by atoms with E-state index < -0.39 is 20.0 Å². The van der Waals surface area contributed by atoms with Gasteiger partial charge in [0, 0.05) is 6.42 Å². The number of rotatable bonds is 35. The van der Waals surface area contributed by atoms with E-state index in [2.05, 4.69) is 55.6 Å². The van der Waals surface area contributed by atoms with Crippen LogP contribution >= 0.6 is 7.82 Å². The van der Waals surface area contributed by atoms with Gasteiger partial charge in [-0.05, 0) is 51.4 Å². The lowest BCUT2D eigenvalue weighted by molar-refractivity contribution is -0.870. The highest BCUT2D eigenvalue weighted by Crippen LogP contribution is 2.43. The summed E-state index contributed by atoms with van der Waals surface area (Å²) in [4.78, 5) is 22.9. The molecule has 0 rings (SSSR count). The van der Waals surface area contributed by atoms with Gasteiger partial charge in [-0.25, -0.2) is 4.57 Å². The first-order chi connectivity index (χ1) is 23.5. The Morgan fingerprint density at radius 1 is 0.694 bits per heavy atom. The van der Waals surface area contributed by atoms with Gasteiger partial charge in [0.1, 0.15) is 13.2 Å². The molecule has 0 aromatic carbocycles. The maximum Gasteiger partial charge on any atom is 0.472 e. The Labute approximate surface area is 302 Å². The van der Waals surface area contributed by atoms with E-state index in [0.717, 1.165) is 64.2 Å². The van der Waals surface area contributed by atoms with Crippen molar-refractivity contribution in [3.8, 4) is 0 Å².